The van der Waals surface area contributed by atoms with Gasteiger partial charge in [-0.1, -0.05) is 18.2 Å². The van der Waals surface area contributed by atoms with Gasteiger partial charge in [0.2, 0.25) is 5.91 Å². The molecule has 2 aromatic rings. The van der Waals surface area contributed by atoms with Gasteiger partial charge >= 0.3 is 5.97 Å². The molecule has 41 heavy (non-hydrogen) atoms. The first-order valence-electron chi connectivity index (χ1n) is 13.3. The van der Waals surface area contributed by atoms with Crippen molar-refractivity contribution in [3.05, 3.63) is 53.1 Å². The van der Waals surface area contributed by atoms with Crippen LogP contribution >= 0.6 is 0 Å². The summed E-state index contributed by atoms with van der Waals surface area (Å²) < 4.78 is 5.10. The summed E-state index contributed by atoms with van der Waals surface area (Å²) in [4.78, 5) is 80.3. The van der Waals surface area contributed by atoms with Crippen molar-refractivity contribution in [1.29, 1.82) is 0 Å². The van der Waals surface area contributed by atoms with Crippen LogP contribution in [0, 0.1) is 23.7 Å². The second-order valence-electron chi connectivity index (χ2n) is 11.1. The van der Waals surface area contributed by atoms with Gasteiger partial charge < -0.3 is 20.7 Å². The number of nitrogens with two attached hydrogens (primary N) is 1. The lowest BCUT2D eigenvalue weighted by Crippen LogP contribution is -2.74. The van der Waals surface area contributed by atoms with Crippen LogP contribution in [0.5, 0.6) is 5.75 Å². The Hall–Kier alpha value is -4.22. The Labute approximate surface area is 235 Å². The van der Waals surface area contributed by atoms with Crippen molar-refractivity contribution in [2.45, 2.75) is 31.4 Å². The van der Waals surface area contributed by atoms with Gasteiger partial charge in [0.25, 0.3) is 0 Å². The number of ketones is 4. The maximum Gasteiger partial charge on any atom is 0.338 e. The highest BCUT2D eigenvalue weighted by Gasteiger charge is 2.69. The summed E-state index contributed by atoms with van der Waals surface area (Å²) in [5.74, 6) is -11.6. The smallest absolute Gasteiger partial charge is 0.338 e. The molecule has 2 unspecified atom stereocenters. The van der Waals surface area contributed by atoms with Crippen LogP contribution in [0.3, 0.4) is 0 Å². The second-order valence-corrected chi connectivity index (χ2v) is 11.1. The fourth-order valence-electron chi connectivity index (χ4n) is 6.90. The van der Waals surface area contributed by atoms with E-state index in [0.29, 0.717) is 22.3 Å². The molecule has 11 nitrogen and oxygen atoms in total. The minimum Gasteiger partial charge on any atom is -0.507 e. The van der Waals surface area contributed by atoms with Gasteiger partial charge in [0.05, 0.1) is 29.7 Å². The van der Waals surface area contributed by atoms with Gasteiger partial charge in [0, 0.05) is 5.92 Å². The molecule has 6 atom stereocenters. The number of hydrogen-bond donors (Lipinski definition) is 3. The number of likely N-dealkylation sites (N-methyl/N-ethyl adjacent to an activating group) is 1. The summed E-state index contributed by atoms with van der Waals surface area (Å²) in [5.41, 5.74) is 4.32. The molecule has 214 valence electrons. The molecule has 11 heteroatoms. The van der Waals surface area contributed by atoms with E-state index in [1.54, 1.807) is 37.3 Å². The number of carbonyl (C=O) groups is 6. The van der Waals surface area contributed by atoms with Gasteiger partial charge in [0.1, 0.15) is 5.75 Å². The Morgan fingerprint density at radius 2 is 1.80 bits per heavy atom. The minimum atomic E-state index is -2.78. The predicted octanol–water partition coefficient (Wildman–Crippen LogP) is 0.711. The summed E-state index contributed by atoms with van der Waals surface area (Å²) >= 11 is 0. The Morgan fingerprint density at radius 1 is 1.10 bits per heavy atom. The first kappa shape index (κ1) is 28.3. The number of hydrogen-bond acceptors (Lipinski definition) is 10. The zero-order valence-electron chi connectivity index (χ0n) is 22.7. The largest absolute Gasteiger partial charge is 0.507 e. The second kappa shape index (κ2) is 10.0. The number of Topliss-reactive ketones (excluding diaryl/α,β-unsaturated/α-hetero) is 4. The number of benzene rings is 2. The number of aliphatic hydroxyl groups is 1. The van der Waals surface area contributed by atoms with Crippen molar-refractivity contribution in [3.63, 3.8) is 0 Å². The van der Waals surface area contributed by atoms with Crippen molar-refractivity contribution < 1.29 is 43.7 Å². The van der Waals surface area contributed by atoms with Crippen molar-refractivity contribution in [3.8, 4) is 16.9 Å². The predicted molar refractivity (Wildman–Crippen MR) is 143 cm³/mol. The highest BCUT2D eigenvalue weighted by molar-refractivity contribution is 6.32. The number of nitrogens with zero attached hydrogens (tertiary/aromatic N) is 1. The molecule has 2 fully saturated rings. The number of fused-ring (bicyclic) bond motifs is 3. The molecule has 0 bridgehead atoms. The molecular formula is C30H30N2O9. The zero-order chi connectivity index (χ0) is 30.0. The Kier molecular flexibility index (Phi) is 6.91. The van der Waals surface area contributed by atoms with Crippen LogP contribution in [-0.4, -0.2) is 82.5 Å². The normalized spacial score (nSPS) is 29.0. The van der Waals surface area contributed by atoms with Crippen molar-refractivity contribution in [1.82, 2.24) is 4.90 Å². The summed E-state index contributed by atoms with van der Waals surface area (Å²) in [6.07, 6.45) is 0.0566. The Bertz CT molecular complexity index is 1530. The van der Waals surface area contributed by atoms with E-state index in [9.17, 15) is 39.0 Å². The highest BCUT2D eigenvalue weighted by atomic mass is 16.5. The molecule has 0 saturated heterocycles. The van der Waals surface area contributed by atoms with E-state index in [-0.39, 0.29) is 30.8 Å². The van der Waals surface area contributed by atoms with Gasteiger partial charge in [-0.15, -0.1) is 0 Å². The van der Waals surface area contributed by atoms with E-state index >= 15 is 0 Å². The summed E-state index contributed by atoms with van der Waals surface area (Å²) in [5, 5.41) is 22.4. The van der Waals surface area contributed by atoms with Gasteiger partial charge in [-0.25, -0.2) is 4.79 Å². The first-order valence-corrected chi connectivity index (χ1v) is 13.3. The standard InChI is InChI=1S/C30H30N2O9/c1-4-41-29(39)14-7-5-6-13(10-14)16-8-9-19(33)21-17(16)11-15-12-18-23(32(2)3)25(35)22(28(31)38)27(37)30(18,40)26(36)20(15)24(21)34/h5-10,15,18,20,22-23,33,40H,4,11-12H2,1-3H3,(H2,31,38)/t15-,18-,20?,22?,23-,30-/m1/s1. The number of aromatic hydroxyl groups is 1. The number of phenols is 1. The average Bonchev–Trinajstić information content (AvgIpc) is 2.90. The maximum atomic E-state index is 13.9. The van der Waals surface area contributed by atoms with Crippen LogP contribution in [-0.2, 0) is 30.3 Å². The van der Waals surface area contributed by atoms with Crippen LogP contribution in [0.2, 0.25) is 0 Å². The topological polar surface area (TPSA) is 181 Å². The molecule has 0 radical (unpaired) electrons. The molecule has 0 aliphatic heterocycles. The lowest BCUT2D eigenvalue weighted by Gasteiger charge is -2.52. The number of primary amides is 1. The van der Waals surface area contributed by atoms with Gasteiger partial charge in [-0.05, 0) is 74.7 Å². The van der Waals surface area contributed by atoms with Crippen LogP contribution in [0.4, 0.5) is 0 Å². The van der Waals surface area contributed by atoms with Crippen LogP contribution < -0.4 is 5.73 Å². The number of amides is 1. The Morgan fingerprint density at radius 3 is 2.44 bits per heavy atom. The third-order valence-electron chi connectivity index (χ3n) is 8.63. The van der Waals surface area contributed by atoms with E-state index in [4.69, 9.17) is 10.5 Å². The van der Waals surface area contributed by atoms with Gasteiger partial charge in [-0.2, -0.15) is 0 Å². The Balaban J connectivity index is 1.63. The third-order valence-corrected chi connectivity index (χ3v) is 8.63. The van der Waals surface area contributed by atoms with Crippen molar-refractivity contribution in [2.75, 3.05) is 20.7 Å². The SMILES string of the molecule is CCOC(=O)c1cccc(-c2ccc(O)c3c2C[C@@H]2C[C@@H]4[C@@H](N(C)C)C(=O)C(C(N)=O)C(=O)[C@]4(O)C(=O)C2C3=O)c1. The fraction of sp³-hybridized carbons (Fsp3) is 0.400. The third kappa shape index (κ3) is 4.10. The number of esters is 1. The van der Waals surface area contributed by atoms with E-state index in [1.807, 2.05) is 0 Å². The number of rotatable bonds is 5. The van der Waals surface area contributed by atoms with Gasteiger partial charge in [0.15, 0.2) is 34.7 Å². The maximum absolute atomic E-state index is 13.9. The molecular weight excluding hydrogens is 532 g/mol. The average molecular weight is 563 g/mol. The molecule has 5 rings (SSSR count). The summed E-state index contributed by atoms with van der Waals surface area (Å²) in [6.45, 7) is 1.88. The molecule has 1 amide bonds. The minimum absolute atomic E-state index is 0.0537. The first-order chi connectivity index (χ1) is 19.3. The molecule has 3 aliphatic carbocycles. The lowest BCUT2D eigenvalue weighted by atomic mass is 9.52. The van der Waals surface area contributed by atoms with Crippen LogP contribution in [0.25, 0.3) is 11.1 Å². The number of ether oxygens (including phenoxy) is 1. The molecule has 4 N–H and O–H groups in total. The zero-order valence-corrected chi connectivity index (χ0v) is 22.7. The molecule has 2 aromatic carbocycles. The molecule has 2 saturated carbocycles. The van der Waals surface area contributed by atoms with Crippen LogP contribution in [0.15, 0.2) is 36.4 Å². The van der Waals surface area contributed by atoms with E-state index in [2.05, 4.69) is 0 Å². The van der Waals surface area contributed by atoms with E-state index < -0.39 is 70.3 Å². The lowest BCUT2D eigenvalue weighted by molar-refractivity contribution is -0.181. The van der Waals surface area contributed by atoms with Crippen molar-refractivity contribution in [2.24, 2.45) is 29.4 Å². The molecule has 3 aliphatic rings. The molecule has 0 heterocycles. The van der Waals surface area contributed by atoms with Gasteiger partial charge in [-0.3, -0.25) is 28.9 Å². The number of carbonyl (C=O) groups excluding carboxylic acids is 6. The monoisotopic (exact) mass is 562 g/mol. The number of phenolic OH excluding ortho intramolecular Hbond substituents is 1. The van der Waals surface area contributed by atoms with Crippen LogP contribution in [0.1, 0.15) is 39.6 Å². The van der Waals surface area contributed by atoms with E-state index in [1.165, 1.54) is 25.1 Å². The van der Waals surface area contributed by atoms with E-state index in [0.717, 1.165) is 0 Å². The highest BCUT2D eigenvalue weighted by Crippen LogP contribution is 2.51. The summed E-state index contributed by atoms with van der Waals surface area (Å²) in [6, 6.07) is 8.34. The molecule has 0 spiro atoms. The quantitative estimate of drug-likeness (QED) is 0.347. The molecule has 0 aromatic heterocycles. The summed E-state index contributed by atoms with van der Waals surface area (Å²) in [7, 11) is 3.06. The van der Waals surface area contributed by atoms with Crippen molar-refractivity contribution >= 4 is 35.0 Å². The fourth-order valence-corrected chi connectivity index (χ4v) is 6.90.